The molecule has 1 unspecified atom stereocenters. The molecular formula is C61H98O5. The maximum absolute atomic E-state index is 12.3. The molecule has 0 aromatic heterocycles. The van der Waals surface area contributed by atoms with E-state index in [9.17, 15) is 14.7 Å². The first-order valence-corrected chi connectivity index (χ1v) is 26.7. The molecule has 0 saturated carbocycles. The van der Waals surface area contributed by atoms with Crippen LogP contribution in [0.2, 0.25) is 0 Å². The van der Waals surface area contributed by atoms with Crippen molar-refractivity contribution in [3.05, 3.63) is 134 Å². The molecule has 0 fully saturated rings. The second-order valence-corrected chi connectivity index (χ2v) is 17.2. The fraction of sp³-hybridized carbons (Fsp3) is 0.607. The molecule has 0 aliphatic rings. The first-order valence-electron chi connectivity index (χ1n) is 26.7. The number of allylic oxidation sites excluding steroid dienone is 22. The van der Waals surface area contributed by atoms with Gasteiger partial charge < -0.3 is 14.6 Å². The number of aliphatic hydroxyl groups is 1. The van der Waals surface area contributed by atoms with Crippen molar-refractivity contribution in [1.82, 2.24) is 0 Å². The molecule has 0 heterocycles. The Kier molecular flexibility index (Phi) is 52.0. The molecule has 5 heteroatoms. The van der Waals surface area contributed by atoms with Gasteiger partial charge in [0.2, 0.25) is 0 Å². The van der Waals surface area contributed by atoms with E-state index < -0.39 is 6.10 Å². The first kappa shape index (κ1) is 62.0. The minimum Gasteiger partial charge on any atom is -0.462 e. The summed E-state index contributed by atoms with van der Waals surface area (Å²) < 4.78 is 10.7. The Bertz CT molecular complexity index is 1400. The maximum Gasteiger partial charge on any atom is 0.306 e. The molecule has 0 bridgehead atoms. The Labute approximate surface area is 406 Å². The van der Waals surface area contributed by atoms with E-state index >= 15 is 0 Å². The molecule has 66 heavy (non-hydrogen) atoms. The summed E-state index contributed by atoms with van der Waals surface area (Å²) >= 11 is 0. The fourth-order valence-electron chi connectivity index (χ4n) is 6.93. The molecule has 0 aromatic carbocycles. The summed E-state index contributed by atoms with van der Waals surface area (Å²) in [7, 11) is 0. The van der Waals surface area contributed by atoms with Gasteiger partial charge in [-0.3, -0.25) is 9.59 Å². The van der Waals surface area contributed by atoms with Crippen LogP contribution >= 0.6 is 0 Å². The van der Waals surface area contributed by atoms with Crippen LogP contribution < -0.4 is 0 Å². The Balaban J connectivity index is 3.67. The van der Waals surface area contributed by atoms with Gasteiger partial charge in [-0.2, -0.15) is 0 Å². The van der Waals surface area contributed by atoms with Crippen molar-refractivity contribution in [3.8, 4) is 0 Å². The van der Waals surface area contributed by atoms with Crippen LogP contribution in [-0.4, -0.2) is 36.4 Å². The average Bonchev–Trinajstić information content (AvgIpc) is 3.32. The highest BCUT2D eigenvalue weighted by atomic mass is 16.6. The highest BCUT2D eigenvalue weighted by Crippen LogP contribution is 2.13. The normalized spacial score (nSPS) is 13.3. The van der Waals surface area contributed by atoms with Crippen LogP contribution in [-0.2, 0) is 19.1 Å². The summed E-state index contributed by atoms with van der Waals surface area (Å²) in [6, 6.07) is 0. The number of rotatable bonds is 47. The number of unbranched alkanes of at least 4 members (excludes halogenated alkanes) is 17. The van der Waals surface area contributed by atoms with Crippen LogP contribution in [0.25, 0.3) is 0 Å². The monoisotopic (exact) mass is 911 g/mol. The van der Waals surface area contributed by atoms with E-state index in [1.807, 2.05) is 0 Å². The lowest BCUT2D eigenvalue weighted by Crippen LogP contribution is -2.28. The second-order valence-electron chi connectivity index (χ2n) is 17.2. The molecule has 372 valence electrons. The molecule has 0 amide bonds. The van der Waals surface area contributed by atoms with Crippen LogP contribution in [0.5, 0.6) is 0 Å². The lowest BCUT2D eigenvalue weighted by Gasteiger charge is -2.15. The van der Waals surface area contributed by atoms with Crippen molar-refractivity contribution in [1.29, 1.82) is 0 Å². The number of hydrogen-bond acceptors (Lipinski definition) is 5. The summed E-state index contributed by atoms with van der Waals surface area (Å²) in [5.41, 5.74) is 0. The molecule has 5 nitrogen and oxygen atoms in total. The number of hydrogen-bond donors (Lipinski definition) is 1. The maximum atomic E-state index is 12.3. The Hall–Kier alpha value is -3.96. The van der Waals surface area contributed by atoms with E-state index in [0.717, 1.165) is 109 Å². The van der Waals surface area contributed by atoms with Crippen LogP contribution in [0.3, 0.4) is 0 Å². The number of aliphatic hydroxyl groups excluding tert-OH is 1. The summed E-state index contributed by atoms with van der Waals surface area (Å²) in [5, 5.41) is 9.63. The second kappa shape index (κ2) is 55.4. The zero-order valence-electron chi connectivity index (χ0n) is 42.4. The number of esters is 2. The molecule has 0 radical (unpaired) electrons. The predicted octanol–water partition coefficient (Wildman–Crippen LogP) is 18.1. The summed E-state index contributed by atoms with van der Waals surface area (Å²) in [6.45, 7) is 3.98. The number of carbonyl (C=O) groups excluding carboxylic acids is 2. The lowest BCUT2D eigenvalue weighted by atomic mass is 10.1. The van der Waals surface area contributed by atoms with Gasteiger partial charge >= 0.3 is 11.9 Å². The van der Waals surface area contributed by atoms with Crippen LogP contribution in [0.1, 0.15) is 219 Å². The van der Waals surface area contributed by atoms with E-state index in [2.05, 4.69) is 148 Å². The molecule has 0 saturated heterocycles. The van der Waals surface area contributed by atoms with Crippen molar-refractivity contribution in [2.24, 2.45) is 0 Å². The third-order valence-electron chi connectivity index (χ3n) is 10.9. The van der Waals surface area contributed by atoms with E-state index in [1.165, 1.54) is 83.5 Å². The van der Waals surface area contributed by atoms with Gasteiger partial charge in [0.1, 0.15) is 6.61 Å². The Morgan fingerprint density at radius 2 is 0.652 bits per heavy atom. The zero-order chi connectivity index (χ0) is 47.7. The number of ether oxygens (including phenoxy) is 2. The number of carbonyl (C=O) groups is 2. The highest BCUT2D eigenvalue weighted by molar-refractivity contribution is 5.70. The summed E-state index contributed by atoms with van der Waals surface area (Å²) in [5.74, 6) is -0.642. The smallest absolute Gasteiger partial charge is 0.306 e. The van der Waals surface area contributed by atoms with Crippen molar-refractivity contribution in [2.75, 3.05) is 13.2 Å². The highest BCUT2D eigenvalue weighted by Gasteiger charge is 2.16. The van der Waals surface area contributed by atoms with E-state index in [0.29, 0.717) is 12.8 Å². The largest absolute Gasteiger partial charge is 0.462 e. The average molecular weight is 911 g/mol. The van der Waals surface area contributed by atoms with Gasteiger partial charge in [0, 0.05) is 12.8 Å². The van der Waals surface area contributed by atoms with Gasteiger partial charge in [0.05, 0.1) is 6.61 Å². The molecular weight excluding hydrogens is 813 g/mol. The predicted molar refractivity (Wildman–Crippen MR) is 288 cm³/mol. The van der Waals surface area contributed by atoms with E-state index in [-0.39, 0.29) is 25.2 Å². The summed E-state index contributed by atoms with van der Waals surface area (Å²) in [4.78, 5) is 24.5. The molecule has 0 aliphatic carbocycles. The molecule has 1 N–H and O–H groups in total. The van der Waals surface area contributed by atoms with Crippen LogP contribution in [0.15, 0.2) is 134 Å². The Morgan fingerprint density at radius 3 is 1.00 bits per heavy atom. The molecule has 0 rings (SSSR count). The zero-order valence-corrected chi connectivity index (χ0v) is 42.4. The van der Waals surface area contributed by atoms with E-state index in [1.54, 1.807) is 0 Å². The lowest BCUT2D eigenvalue weighted by molar-refractivity contribution is -0.161. The molecule has 0 aliphatic heterocycles. The van der Waals surface area contributed by atoms with Gasteiger partial charge in [-0.1, -0.05) is 225 Å². The quantitative estimate of drug-likeness (QED) is 0.0374. The van der Waals surface area contributed by atoms with Gasteiger partial charge in [-0.25, -0.2) is 0 Å². The fourth-order valence-corrected chi connectivity index (χ4v) is 6.93. The van der Waals surface area contributed by atoms with Crippen molar-refractivity contribution in [2.45, 2.75) is 225 Å². The van der Waals surface area contributed by atoms with Crippen molar-refractivity contribution < 1.29 is 24.2 Å². The Morgan fingerprint density at radius 1 is 0.364 bits per heavy atom. The van der Waals surface area contributed by atoms with Crippen molar-refractivity contribution >= 4 is 11.9 Å². The minimum absolute atomic E-state index is 0.0903. The molecule has 1 atom stereocenters. The van der Waals surface area contributed by atoms with Crippen LogP contribution in [0, 0.1) is 0 Å². The first-order chi connectivity index (χ1) is 32.6. The van der Waals surface area contributed by atoms with Gasteiger partial charge in [0.25, 0.3) is 0 Å². The van der Waals surface area contributed by atoms with E-state index in [4.69, 9.17) is 9.47 Å². The van der Waals surface area contributed by atoms with Gasteiger partial charge in [-0.05, 0) is 116 Å². The SMILES string of the molecule is CC/C=C\C/C=C\C/C=C\C/C=C\C/C=C\C/C=C\C/C=C\C/C=C\C/C=C\CCCCCC(=O)OC(CO)COC(=O)CCCCCCCCCCC/C=C\C/C=C\CCCCCCC. The minimum atomic E-state index is -0.802. The van der Waals surface area contributed by atoms with Gasteiger partial charge in [0.15, 0.2) is 6.10 Å². The third-order valence-corrected chi connectivity index (χ3v) is 10.9. The van der Waals surface area contributed by atoms with Crippen molar-refractivity contribution in [3.63, 3.8) is 0 Å². The summed E-state index contributed by atoms with van der Waals surface area (Å²) in [6.07, 6.45) is 82.6. The van der Waals surface area contributed by atoms with Crippen LogP contribution in [0.4, 0.5) is 0 Å². The molecule has 0 spiro atoms. The van der Waals surface area contributed by atoms with Gasteiger partial charge in [-0.15, -0.1) is 0 Å². The third kappa shape index (κ3) is 52.7. The standard InChI is InChI=1S/C61H98O5/c1-3-5-7-9-11-13-15-17-19-21-23-25-26-27-28-29-30-31-32-33-34-36-38-40-42-44-46-48-50-52-54-56-61(64)66-59(57-62)58-65-60(63)55-53-51-49-47-45-43-41-39-37-35-24-22-20-18-16-14-12-10-8-6-4-2/h5,7,11,13,16-19,22-25,27-28,30-31,33-34,38,40,44,46,59,62H,3-4,6,8-10,12,14-15,20-21,26,29,32,35-37,39,41-43,45,47-58H2,1-2H3/b7-5-,13-11-,18-16-,19-17-,24-22-,25-23-,28-27-,31-30-,34-33-,40-38-,46-44-. The molecule has 0 aromatic rings. The topological polar surface area (TPSA) is 72.8 Å².